The van der Waals surface area contributed by atoms with Gasteiger partial charge in [0.2, 0.25) is 0 Å². The molecule has 0 aromatic carbocycles. The zero-order chi connectivity index (χ0) is 17.0. The van der Waals surface area contributed by atoms with Gasteiger partial charge in [0.05, 0.1) is 18.0 Å². The number of carbonyl (C=O) groups is 1. The molecule has 23 heavy (non-hydrogen) atoms. The van der Waals surface area contributed by atoms with Crippen molar-refractivity contribution in [2.45, 2.75) is 30.0 Å². The van der Waals surface area contributed by atoms with Crippen molar-refractivity contribution in [3.63, 3.8) is 0 Å². The van der Waals surface area contributed by atoms with Gasteiger partial charge in [0, 0.05) is 11.8 Å². The molecule has 8 nitrogen and oxygen atoms in total. The molecule has 3 aliphatic rings. The van der Waals surface area contributed by atoms with Gasteiger partial charge in [-0.15, -0.1) is 0 Å². The van der Waals surface area contributed by atoms with E-state index in [1.165, 1.54) is 0 Å². The molecule has 0 amide bonds. The van der Waals surface area contributed by atoms with E-state index in [9.17, 15) is 27.3 Å². The maximum absolute atomic E-state index is 13.3. The van der Waals surface area contributed by atoms with E-state index in [-0.39, 0.29) is 24.4 Å². The largest absolute Gasteiger partial charge is 0.691 e. The number of carbonyl (C=O) groups excluding carboxylic acids is 1. The highest BCUT2D eigenvalue weighted by Gasteiger charge is 2.67. The van der Waals surface area contributed by atoms with Crippen molar-refractivity contribution in [2.24, 2.45) is 23.7 Å². The van der Waals surface area contributed by atoms with Gasteiger partial charge in [-0.1, -0.05) is 6.92 Å². The standard InChI is InChI=1S/C11H14F2O8S2/c1-4-5-2-6-8(19-23(16,17)9(4)6)7(5)3-18-10(14)11(12,13)22-21-20-15/h4-9,15H,2-3H2,1H3/p-1. The van der Waals surface area contributed by atoms with E-state index >= 15 is 0 Å². The summed E-state index contributed by atoms with van der Waals surface area (Å²) < 4.78 is 63.5. The molecule has 6 unspecified atom stereocenters. The van der Waals surface area contributed by atoms with Crippen molar-refractivity contribution < 1.29 is 45.5 Å². The van der Waals surface area contributed by atoms with Gasteiger partial charge in [-0.2, -0.15) is 21.5 Å². The second-order valence-corrected chi connectivity index (χ2v) is 8.48. The van der Waals surface area contributed by atoms with Crippen molar-refractivity contribution >= 4 is 28.1 Å². The second-order valence-electron chi connectivity index (χ2n) is 5.94. The molecule has 0 aromatic heterocycles. The molecule has 12 heteroatoms. The third-order valence-electron chi connectivity index (χ3n) is 4.94. The van der Waals surface area contributed by atoms with Crippen LogP contribution in [0.2, 0.25) is 0 Å². The molecular formula is C11H13F2O8S2-. The zero-order valence-corrected chi connectivity index (χ0v) is 13.3. The molecule has 2 aliphatic carbocycles. The number of hydrogen-bond donors (Lipinski definition) is 0. The van der Waals surface area contributed by atoms with Gasteiger partial charge in [-0.3, -0.25) is 9.22 Å². The highest BCUT2D eigenvalue weighted by Crippen LogP contribution is 2.60. The lowest BCUT2D eigenvalue weighted by Gasteiger charge is -2.29. The average molecular weight is 375 g/mol. The number of fused-ring (bicyclic) bond motifs is 1. The van der Waals surface area contributed by atoms with E-state index in [0.29, 0.717) is 6.42 Å². The van der Waals surface area contributed by atoms with Crippen LogP contribution in [0.5, 0.6) is 0 Å². The van der Waals surface area contributed by atoms with E-state index in [4.69, 9.17) is 4.18 Å². The summed E-state index contributed by atoms with van der Waals surface area (Å²) in [6.07, 6.45) is -0.0301. The Morgan fingerprint density at radius 1 is 1.43 bits per heavy atom. The summed E-state index contributed by atoms with van der Waals surface area (Å²) in [6.45, 7) is 1.39. The minimum absolute atomic E-state index is 0.0671. The van der Waals surface area contributed by atoms with Crippen LogP contribution in [0.25, 0.3) is 0 Å². The third-order valence-corrected chi connectivity index (χ3v) is 7.38. The number of esters is 1. The summed E-state index contributed by atoms with van der Waals surface area (Å²) in [5, 5.41) is 7.62. The SMILES string of the molecule is CC1C2CC3C(OS(=O)(=O)C13)C2COC(=O)C(F)(F)SOO[O-]. The van der Waals surface area contributed by atoms with Crippen LogP contribution in [-0.4, -0.2) is 37.6 Å². The van der Waals surface area contributed by atoms with Crippen LogP contribution < -0.4 is 5.26 Å². The highest BCUT2D eigenvalue weighted by molar-refractivity contribution is 7.96. The zero-order valence-electron chi connectivity index (χ0n) is 11.7. The molecule has 1 saturated heterocycles. The summed E-state index contributed by atoms with van der Waals surface area (Å²) in [5.74, 6) is -2.78. The fourth-order valence-corrected chi connectivity index (χ4v) is 6.53. The summed E-state index contributed by atoms with van der Waals surface area (Å²) in [4.78, 5) is 11.4. The summed E-state index contributed by atoms with van der Waals surface area (Å²) in [5.41, 5.74) is 0. The maximum Gasteiger partial charge on any atom is 0.415 e. The molecular weight excluding hydrogens is 362 g/mol. The van der Waals surface area contributed by atoms with Crippen LogP contribution in [-0.2, 0) is 33.2 Å². The Bertz CT molecular complexity index is 597. The van der Waals surface area contributed by atoms with Crippen LogP contribution in [0.3, 0.4) is 0 Å². The monoisotopic (exact) mass is 375 g/mol. The first-order valence-electron chi connectivity index (χ1n) is 6.80. The molecule has 3 fully saturated rings. The molecule has 1 aliphatic heterocycles. The smallest absolute Gasteiger partial charge is 0.415 e. The first-order valence-corrected chi connectivity index (χ1v) is 9.02. The summed E-state index contributed by atoms with van der Waals surface area (Å²) >= 11 is -0.770. The van der Waals surface area contributed by atoms with Crippen LogP contribution >= 0.6 is 12.0 Å². The summed E-state index contributed by atoms with van der Waals surface area (Å²) in [6, 6.07) is 0. The van der Waals surface area contributed by atoms with Crippen molar-refractivity contribution in [3.05, 3.63) is 0 Å². The fourth-order valence-electron chi connectivity index (χ4n) is 4.15. The average Bonchev–Trinajstić information content (AvgIpc) is 3.04. The van der Waals surface area contributed by atoms with Crippen LogP contribution in [0.15, 0.2) is 0 Å². The first-order chi connectivity index (χ1) is 10.7. The predicted octanol–water partition coefficient (Wildman–Crippen LogP) is -0.00670. The maximum atomic E-state index is 13.3. The second kappa shape index (κ2) is 5.77. The van der Waals surface area contributed by atoms with Gasteiger partial charge in [-0.25, -0.2) is 4.79 Å². The quantitative estimate of drug-likeness (QED) is 0.208. The fraction of sp³-hybridized carbons (Fsp3) is 0.909. The van der Waals surface area contributed by atoms with Gasteiger partial charge >= 0.3 is 11.2 Å². The normalized spacial score (nSPS) is 40.5. The van der Waals surface area contributed by atoms with Crippen LogP contribution in [0.4, 0.5) is 8.78 Å². The molecule has 1 heterocycles. The Balaban J connectivity index is 1.63. The van der Waals surface area contributed by atoms with Crippen molar-refractivity contribution in [1.29, 1.82) is 0 Å². The van der Waals surface area contributed by atoms with E-state index in [0.717, 1.165) is 0 Å². The molecule has 3 rings (SSSR count). The Kier molecular flexibility index (Phi) is 4.34. The molecule has 6 atom stereocenters. The molecule has 2 bridgehead atoms. The van der Waals surface area contributed by atoms with Crippen molar-refractivity contribution in [1.82, 2.24) is 0 Å². The molecule has 0 radical (unpaired) electrons. The van der Waals surface area contributed by atoms with Gasteiger partial charge < -0.3 is 9.99 Å². The van der Waals surface area contributed by atoms with Gasteiger partial charge in [0.1, 0.15) is 12.0 Å². The Hall–Kier alpha value is -0.530. The molecule has 2 saturated carbocycles. The van der Waals surface area contributed by atoms with Gasteiger partial charge in [0.25, 0.3) is 10.1 Å². The minimum atomic E-state index is -4.11. The van der Waals surface area contributed by atoms with Crippen LogP contribution in [0.1, 0.15) is 13.3 Å². The Morgan fingerprint density at radius 3 is 2.78 bits per heavy atom. The molecule has 132 valence electrons. The third kappa shape index (κ3) is 2.74. The summed E-state index contributed by atoms with van der Waals surface area (Å²) in [7, 11) is -3.66. The van der Waals surface area contributed by atoms with Crippen molar-refractivity contribution in [2.75, 3.05) is 6.61 Å². The predicted molar refractivity (Wildman–Crippen MR) is 67.5 cm³/mol. The van der Waals surface area contributed by atoms with E-state index in [2.05, 4.69) is 14.1 Å². The van der Waals surface area contributed by atoms with Crippen molar-refractivity contribution in [3.8, 4) is 0 Å². The number of alkyl halides is 2. The number of ether oxygens (including phenoxy) is 1. The lowest BCUT2D eigenvalue weighted by atomic mass is 9.80. The lowest BCUT2D eigenvalue weighted by molar-refractivity contribution is -0.777. The van der Waals surface area contributed by atoms with E-state index in [1.807, 2.05) is 0 Å². The topological polar surface area (TPSA) is 111 Å². The van der Waals surface area contributed by atoms with E-state index in [1.54, 1.807) is 6.92 Å². The molecule has 0 aromatic rings. The van der Waals surface area contributed by atoms with Gasteiger partial charge in [-0.05, 0) is 18.3 Å². The number of rotatable bonds is 6. The van der Waals surface area contributed by atoms with Gasteiger partial charge in [0.15, 0.2) is 0 Å². The lowest BCUT2D eigenvalue weighted by Crippen LogP contribution is -2.39. The molecule has 0 N–H and O–H groups in total. The Labute approximate surface area is 134 Å². The minimum Gasteiger partial charge on any atom is -0.691 e. The number of hydrogen-bond acceptors (Lipinski definition) is 9. The number of halogens is 2. The first kappa shape index (κ1) is 17.3. The Morgan fingerprint density at radius 2 is 2.13 bits per heavy atom. The van der Waals surface area contributed by atoms with Crippen LogP contribution in [0, 0.1) is 23.7 Å². The van der Waals surface area contributed by atoms with E-state index < -0.39 is 50.7 Å². The highest BCUT2D eigenvalue weighted by atomic mass is 32.2. The molecule has 0 spiro atoms.